The Morgan fingerprint density at radius 2 is 0.978 bits per heavy atom. The van der Waals surface area contributed by atoms with Crippen molar-refractivity contribution in [3.05, 3.63) is 21.2 Å². The van der Waals surface area contributed by atoms with Crippen LogP contribution in [0.25, 0.3) is 0 Å². The van der Waals surface area contributed by atoms with E-state index in [2.05, 4.69) is 41.5 Å². The standard InChI is InChI=1S/C27H47GeO4.3C4H9.Sn/c1-8-14-17-28(18-15-9-2,19-16-10-3)22(7)24-21-27(20-23(24)11-4,25(29)31-12-5)26(30)32-13-6;3*1-3-4-2;/h23-24H,4,7-10,12-21H2,1-3,5-6H3;3*1,3-4H2,2H3;/t23-,24-;;;;/m1..../s1. The molecule has 0 unspecified atom stereocenters. The maximum absolute atomic E-state index is 14.0. The molecule has 0 aromatic heterocycles. The van der Waals surface area contributed by atoms with Gasteiger partial charge in [-0.1, -0.05) is 0 Å². The molecule has 1 fully saturated rings. The average molecular weight is 798 g/mol. The molecule has 45 heavy (non-hydrogen) atoms. The summed E-state index contributed by atoms with van der Waals surface area (Å²) in [5, 5.41) is 3.98. The van der Waals surface area contributed by atoms with Gasteiger partial charge in [0.05, 0.1) is 0 Å². The maximum atomic E-state index is 14.0. The van der Waals surface area contributed by atoms with Crippen LogP contribution in [0.15, 0.2) is 21.2 Å². The van der Waals surface area contributed by atoms with Gasteiger partial charge in [-0.2, -0.15) is 0 Å². The van der Waals surface area contributed by atoms with E-state index in [-0.39, 0.29) is 37.0 Å². The Kier molecular flexibility index (Phi) is 21.3. The molecule has 0 bridgehead atoms. The Morgan fingerprint density at radius 1 is 0.622 bits per heavy atom. The van der Waals surface area contributed by atoms with Gasteiger partial charge in [0, 0.05) is 0 Å². The molecular formula is C39H74GeO4Sn. The summed E-state index contributed by atoms with van der Waals surface area (Å²) in [6.45, 7) is 28.4. The molecule has 0 heterocycles. The van der Waals surface area contributed by atoms with Gasteiger partial charge in [-0.3, -0.25) is 0 Å². The van der Waals surface area contributed by atoms with Gasteiger partial charge >= 0.3 is 289 Å². The minimum atomic E-state index is -2.94. The average Bonchev–Trinajstić information content (AvgIpc) is 3.46. The Morgan fingerprint density at radius 3 is 1.31 bits per heavy atom. The third kappa shape index (κ3) is 11.4. The Labute approximate surface area is 286 Å². The van der Waals surface area contributed by atoms with Crippen molar-refractivity contribution in [1.82, 2.24) is 0 Å². The van der Waals surface area contributed by atoms with Crippen LogP contribution in [0.2, 0.25) is 29.1 Å². The second kappa shape index (κ2) is 22.4. The van der Waals surface area contributed by atoms with E-state index in [1.54, 1.807) is 0 Å². The van der Waals surface area contributed by atoms with Gasteiger partial charge in [-0.05, 0) is 0 Å². The third-order valence-electron chi connectivity index (χ3n) is 11.3. The number of allylic oxidation sites excluding steroid dienone is 2. The van der Waals surface area contributed by atoms with Gasteiger partial charge in [-0.25, -0.2) is 0 Å². The van der Waals surface area contributed by atoms with E-state index in [0.29, 0.717) is 12.8 Å². The first-order valence-corrected chi connectivity index (χ1v) is 32.3. The molecule has 2 atom stereocenters. The number of carbonyl (C=O) groups excluding carboxylic acids is 2. The number of unbranched alkanes of at least 4 members (excludes halogenated alkanes) is 6. The summed E-state index contributed by atoms with van der Waals surface area (Å²) in [5.74, 6) is -0.469. The fraction of sp³-hybridized carbons (Fsp3) is 0.846. The van der Waals surface area contributed by atoms with E-state index >= 15 is 0 Å². The molecule has 0 aliphatic heterocycles. The second-order valence-electron chi connectivity index (χ2n) is 14.4. The number of rotatable bonds is 26. The molecule has 1 rings (SSSR count). The zero-order valence-corrected chi connectivity index (χ0v) is 36.2. The molecule has 1 aliphatic rings. The zero-order chi connectivity index (χ0) is 33.9. The summed E-state index contributed by atoms with van der Waals surface area (Å²) in [6.07, 6.45) is 15.9. The topological polar surface area (TPSA) is 52.6 Å². The van der Waals surface area contributed by atoms with Crippen LogP contribution in [0.3, 0.4) is 0 Å². The SMILES string of the molecule is C=[C]([C@H]1CC(C(=O)OCC)(C(=O)OCC)C[C@H]1[C](=C)[Sn]([CH2]CCC)([CH2]CCC)[CH2]CCC)[Ge]([CH2]CCC)([CH2]CCC)[CH2]CCC. The van der Waals surface area contributed by atoms with Crippen molar-refractivity contribution < 1.29 is 19.1 Å². The Bertz CT molecular complexity index is 784. The summed E-state index contributed by atoms with van der Waals surface area (Å²) in [5.41, 5.74) is -1.25. The van der Waals surface area contributed by atoms with Gasteiger partial charge in [0.1, 0.15) is 0 Å². The molecule has 6 heteroatoms. The summed E-state index contributed by atoms with van der Waals surface area (Å²) in [4.78, 5) is 28.0. The molecule has 1 saturated carbocycles. The van der Waals surface area contributed by atoms with Gasteiger partial charge in [-0.15, -0.1) is 0 Å². The molecule has 0 spiro atoms. The number of ether oxygens (including phenoxy) is 2. The fourth-order valence-electron chi connectivity index (χ4n) is 8.40. The predicted octanol–water partition coefficient (Wildman–Crippen LogP) is 12.0. The normalized spacial score (nSPS) is 18.1. The van der Waals surface area contributed by atoms with E-state index in [0.717, 1.165) is 0 Å². The van der Waals surface area contributed by atoms with Gasteiger partial charge < -0.3 is 0 Å². The van der Waals surface area contributed by atoms with Crippen LogP contribution in [0.4, 0.5) is 0 Å². The van der Waals surface area contributed by atoms with Crippen molar-refractivity contribution in [3.8, 4) is 0 Å². The first kappa shape index (κ1) is 42.8. The fourth-order valence-corrected chi connectivity index (χ4v) is 37.6. The van der Waals surface area contributed by atoms with E-state index in [1.165, 1.54) is 114 Å². The molecule has 0 amide bonds. The second-order valence-corrected chi connectivity index (χ2v) is 37.7. The summed E-state index contributed by atoms with van der Waals surface area (Å²) >= 11 is -5.56. The molecule has 1 aliphatic carbocycles. The van der Waals surface area contributed by atoms with E-state index in [9.17, 15) is 9.59 Å². The van der Waals surface area contributed by atoms with Crippen molar-refractivity contribution in [2.45, 2.75) is 174 Å². The van der Waals surface area contributed by atoms with Crippen LogP contribution in [0.1, 0.15) is 145 Å². The monoisotopic (exact) mass is 800 g/mol. The van der Waals surface area contributed by atoms with Crippen LogP contribution in [-0.2, 0) is 19.1 Å². The molecule has 4 nitrogen and oxygen atoms in total. The van der Waals surface area contributed by atoms with Crippen LogP contribution >= 0.6 is 0 Å². The Hall–Kier alpha value is -0.238. The van der Waals surface area contributed by atoms with Crippen molar-refractivity contribution in [2.75, 3.05) is 13.2 Å². The minimum absolute atomic E-state index is 0.137. The van der Waals surface area contributed by atoms with Crippen molar-refractivity contribution in [3.63, 3.8) is 0 Å². The quantitative estimate of drug-likeness (QED) is 0.0497. The first-order valence-electron chi connectivity index (χ1n) is 19.3. The summed E-state index contributed by atoms with van der Waals surface area (Å²) < 4.78 is 18.5. The van der Waals surface area contributed by atoms with Crippen molar-refractivity contribution >= 4 is 43.6 Å². The summed E-state index contributed by atoms with van der Waals surface area (Å²) in [6, 6.07) is 0. The van der Waals surface area contributed by atoms with Crippen LogP contribution in [-0.4, -0.2) is 56.8 Å². The number of hydrogen-bond donors (Lipinski definition) is 0. The van der Waals surface area contributed by atoms with Crippen LogP contribution < -0.4 is 0 Å². The molecule has 0 aromatic rings. The number of hydrogen-bond acceptors (Lipinski definition) is 4. The third-order valence-corrected chi connectivity index (χ3v) is 39.3. The number of esters is 2. The molecule has 0 N–H and O–H groups in total. The molecule has 0 radical (unpaired) electrons. The van der Waals surface area contributed by atoms with Gasteiger partial charge in [0.25, 0.3) is 0 Å². The molecular weight excluding hydrogens is 724 g/mol. The molecule has 0 saturated heterocycles. The van der Waals surface area contributed by atoms with Gasteiger partial charge in [0.15, 0.2) is 0 Å². The number of carbonyl (C=O) groups is 2. The molecule has 0 aromatic carbocycles. The van der Waals surface area contributed by atoms with E-state index in [4.69, 9.17) is 22.6 Å². The van der Waals surface area contributed by atoms with Crippen LogP contribution in [0, 0.1) is 17.3 Å². The Balaban J connectivity index is 3.99. The van der Waals surface area contributed by atoms with Crippen molar-refractivity contribution in [1.29, 1.82) is 0 Å². The van der Waals surface area contributed by atoms with Crippen molar-refractivity contribution in [2.24, 2.45) is 17.3 Å². The first-order chi connectivity index (χ1) is 21.6. The van der Waals surface area contributed by atoms with Gasteiger partial charge in [0.2, 0.25) is 0 Å². The zero-order valence-electron chi connectivity index (χ0n) is 31.3. The van der Waals surface area contributed by atoms with E-state index < -0.39 is 37.1 Å². The van der Waals surface area contributed by atoms with E-state index in [1.807, 2.05) is 13.8 Å². The molecule has 262 valence electrons. The summed E-state index contributed by atoms with van der Waals surface area (Å²) in [7, 11) is 0. The van der Waals surface area contributed by atoms with Crippen LogP contribution in [0.5, 0.6) is 0 Å². The predicted molar refractivity (Wildman–Crippen MR) is 200 cm³/mol.